The predicted octanol–water partition coefficient (Wildman–Crippen LogP) is 2.31. The Morgan fingerprint density at radius 1 is 1.36 bits per heavy atom. The number of carbonyl (C=O) groups excluding carboxylic acids is 1. The first kappa shape index (κ1) is 16.9. The molecule has 0 aliphatic carbocycles. The number of hydrogen-bond acceptors (Lipinski definition) is 7. The van der Waals surface area contributed by atoms with Crippen LogP contribution in [0.2, 0.25) is 0 Å². The number of aromatic nitrogens is 4. The summed E-state index contributed by atoms with van der Waals surface area (Å²) < 4.78 is 12.5. The van der Waals surface area contributed by atoms with Crippen LogP contribution >= 0.6 is 0 Å². The van der Waals surface area contributed by atoms with Crippen LogP contribution in [0.1, 0.15) is 38.3 Å². The number of tetrazole rings is 1. The number of para-hydroxylation sites is 1. The van der Waals surface area contributed by atoms with Crippen LogP contribution in [0.25, 0.3) is 0 Å². The van der Waals surface area contributed by atoms with Gasteiger partial charge in [0.15, 0.2) is 0 Å². The molecule has 1 atom stereocenters. The molecular formula is C17H21N5O3. The van der Waals surface area contributed by atoms with Gasteiger partial charge in [-0.05, 0) is 29.8 Å². The van der Waals surface area contributed by atoms with Crippen LogP contribution in [0.5, 0.6) is 5.75 Å². The number of ether oxygens (including phenoxy) is 2. The lowest BCUT2D eigenvalue weighted by Crippen LogP contribution is -2.29. The van der Waals surface area contributed by atoms with Gasteiger partial charge in [-0.2, -0.15) is 4.68 Å². The summed E-state index contributed by atoms with van der Waals surface area (Å²) >= 11 is 0. The molecule has 0 radical (unpaired) electrons. The maximum atomic E-state index is 12.4. The molecule has 0 fully saturated rings. The van der Waals surface area contributed by atoms with Crippen molar-refractivity contribution in [1.29, 1.82) is 0 Å². The number of hydrogen-bond donors (Lipinski definition) is 1. The van der Waals surface area contributed by atoms with Crippen molar-refractivity contribution in [1.82, 2.24) is 20.2 Å². The van der Waals surface area contributed by atoms with Gasteiger partial charge in [0.2, 0.25) is 5.95 Å². The molecule has 1 N–H and O–H groups in total. The maximum absolute atomic E-state index is 12.4. The van der Waals surface area contributed by atoms with Gasteiger partial charge in [-0.25, -0.2) is 4.79 Å². The minimum Gasteiger partial charge on any atom is -0.493 e. The van der Waals surface area contributed by atoms with E-state index in [4.69, 9.17) is 9.47 Å². The number of unbranched alkanes of at least 4 members (excludes halogenated alkanes) is 1. The number of nitrogens with one attached hydrogen (secondary N) is 1. The highest BCUT2D eigenvalue weighted by molar-refractivity contribution is 5.92. The molecule has 25 heavy (non-hydrogen) atoms. The van der Waals surface area contributed by atoms with E-state index in [-0.39, 0.29) is 0 Å². The van der Waals surface area contributed by atoms with E-state index in [9.17, 15) is 4.79 Å². The van der Waals surface area contributed by atoms with E-state index in [1.807, 2.05) is 24.3 Å². The van der Waals surface area contributed by atoms with Crippen molar-refractivity contribution >= 4 is 11.9 Å². The third-order valence-corrected chi connectivity index (χ3v) is 4.09. The minimum atomic E-state index is -0.517. The number of allylic oxidation sites excluding steroid dienone is 1. The minimum absolute atomic E-state index is 0.431. The molecule has 0 saturated heterocycles. The molecule has 1 aliphatic rings. The van der Waals surface area contributed by atoms with Crippen molar-refractivity contribution < 1.29 is 14.3 Å². The number of esters is 1. The molecule has 2 aromatic rings. The Morgan fingerprint density at radius 2 is 2.16 bits per heavy atom. The van der Waals surface area contributed by atoms with E-state index in [1.165, 1.54) is 7.11 Å². The summed E-state index contributed by atoms with van der Waals surface area (Å²) in [6, 6.07) is 7.09. The van der Waals surface area contributed by atoms with Crippen LogP contribution in [0.3, 0.4) is 0 Å². The fraction of sp³-hybridized carbons (Fsp3) is 0.412. The van der Waals surface area contributed by atoms with Gasteiger partial charge >= 0.3 is 5.97 Å². The van der Waals surface area contributed by atoms with E-state index < -0.39 is 12.0 Å². The number of rotatable bonds is 6. The SMILES string of the molecule is CCCCOc1ccccc1C1C(C(=O)OC)=C(C)Nc2nnnn21. The van der Waals surface area contributed by atoms with Crippen molar-refractivity contribution in [2.75, 3.05) is 19.0 Å². The van der Waals surface area contributed by atoms with Crippen LogP contribution in [0.4, 0.5) is 5.95 Å². The third kappa shape index (κ3) is 3.19. The average molecular weight is 343 g/mol. The van der Waals surface area contributed by atoms with Gasteiger partial charge in [0.05, 0.1) is 19.3 Å². The van der Waals surface area contributed by atoms with Gasteiger partial charge in [-0.15, -0.1) is 0 Å². The Morgan fingerprint density at radius 3 is 2.92 bits per heavy atom. The molecule has 1 unspecified atom stereocenters. The number of carbonyl (C=O) groups is 1. The van der Waals surface area contributed by atoms with Crippen LogP contribution in [-0.2, 0) is 9.53 Å². The highest BCUT2D eigenvalue weighted by atomic mass is 16.5. The zero-order chi connectivity index (χ0) is 17.8. The lowest BCUT2D eigenvalue weighted by molar-refractivity contribution is -0.136. The normalized spacial score (nSPS) is 16.2. The molecule has 0 amide bonds. The number of benzene rings is 1. The van der Waals surface area contributed by atoms with Crippen molar-refractivity contribution in [3.63, 3.8) is 0 Å². The van der Waals surface area contributed by atoms with Gasteiger partial charge in [0.1, 0.15) is 11.8 Å². The molecule has 0 saturated carbocycles. The number of nitrogens with zero attached hydrogens (tertiary/aromatic N) is 4. The van der Waals surface area contributed by atoms with Crippen LogP contribution in [0.15, 0.2) is 35.5 Å². The standard InChI is InChI=1S/C17H21N5O3/c1-4-5-10-25-13-9-7-6-8-12(13)15-14(16(23)24-3)11(2)18-17-19-20-21-22(15)17/h6-9,15H,4-5,10H2,1-3H3,(H,18,19,21). The second-order valence-corrected chi connectivity index (χ2v) is 5.74. The van der Waals surface area contributed by atoms with Crippen LogP contribution in [-0.4, -0.2) is 39.9 Å². The molecule has 1 aromatic heterocycles. The van der Waals surface area contributed by atoms with E-state index in [1.54, 1.807) is 11.6 Å². The Hall–Kier alpha value is -2.90. The molecule has 3 rings (SSSR count). The Kier molecular flexibility index (Phi) is 4.97. The molecule has 132 valence electrons. The van der Waals surface area contributed by atoms with Gasteiger partial charge in [-0.3, -0.25) is 0 Å². The predicted molar refractivity (Wildman–Crippen MR) is 91.1 cm³/mol. The highest BCUT2D eigenvalue weighted by Crippen LogP contribution is 2.38. The summed E-state index contributed by atoms with van der Waals surface area (Å²) in [5.41, 5.74) is 1.92. The number of anilines is 1. The number of fused-ring (bicyclic) bond motifs is 1. The third-order valence-electron chi connectivity index (χ3n) is 4.09. The van der Waals surface area contributed by atoms with Gasteiger partial charge in [-0.1, -0.05) is 36.6 Å². The smallest absolute Gasteiger partial charge is 0.338 e. The van der Waals surface area contributed by atoms with E-state index in [0.717, 1.165) is 18.4 Å². The largest absolute Gasteiger partial charge is 0.493 e. The Bertz CT molecular complexity index is 799. The second kappa shape index (κ2) is 7.33. The van der Waals surface area contributed by atoms with Crippen molar-refractivity contribution in [2.24, 2.45) is 0 Å². The van der Waals surface area contributed by atoms with E-state index in [2.05, 4.69) is 27.8 Å². The Balaban J connectivity index is 2.09. The summed E-state index contributed by atoms with van der Waals surface area (Å²) in [5.74, 6) is 0.747. The summed E-state index contributed by atoms with van der Waals surface area (Å²) in [5, 5.41) is 14.8. The Labute approximate surface area is 145 Å². The van der Waals surface area contributed by atoms with Gasteiger partial charge < -0.3 is 14.8 Å². The molecule has 8 nitrogen and oxygen atoms in total. The first-order valence-electron chi connectivity index (χ1n) is 8.23. The highest BCUT2D eigenvalue weighted by Gasteiger charge is 2.36. The first-order valence-corrected chi connectivity index (χ1v) is 8.23. The molecule has 2 heterocycles. The van der Waals surface area contributed by atoms with Crippen LogP contribution in [0, 0.1) is 0 Å². The topological polar surface area (TPSA) is 91.2 Å². The fourth-order valence-electron chi connectivity index (χ4n) is 2.84. The van der Waals surface area contributed by atoms with Crippen molar-refractivity contribution in [3.8, 4) is 5.75 Å². The zero-order valence-corrected chi connectivity index (χ0v) is 14.5. The van der Waals surface area contributed by atoms with Crippen molar-refractivity contribution in [2.45, 2.75) is 32.7 Å². The summed E-state index contributed by atoms with van der Waals surface area (Å²) in [6.45, 7) is 4.52. The maximum Gasteiger partial charge on any atom is 0.338 e. The molecule has 8 heteroatoms. The molecule has 1 aromatic carbocycles. The monoisotopic (exact) mass is 343 g/mol. The van der Waals surface area contributed by atoms with Crippen LogP contribution < -0.4 is 10.1 Å². The van der Waals surface area contributed by atoms with Gasteiger partial charge in [0, 0.05) is 11.3 Å². The van der Waals surface area contributed by atoms with Crippen molar-refractivity contribution in [3.05, 3.63) is 41.1 Å². The summed E-state index contributed by atoms with van der Waals surface area (Å²) in [6.07, 6.45) is 1.99. The number of methoxy groups -OCH3 is 1. The lowest BCUT2D eigenvalue weighted by Gasteiger charge is -2.28. The molecule has 1 aliphatic heterocycles. The van der Waals surface area contributed by atoms with E-state index in [0.29, 0.717) is 29.6 Å². The average Bonchev–Trinajstić information content (AvgIpc) is 3.08. The molecular weight excluding hydrogens is 322 g/mol. The summed E-state index contributed by atoms with van der Waals surface area (Å²) in [7, 11) is 1.36. The molecule has 0 spiro atoms. The fourth-order valence-corrected chi connectivity index (χ4v) is 2.84. The molecule has 0 bridgehead atoms. The zero-order valence-electron chi connectivity index (χ0n) is 14.5. The second-order valence-electron chi connectivity index (χ2n) is 5.74. The lowest BCUT2D eigenvalue weighted by atomic mass is 9.95. The summed E-state index contributed by atoms with van der Waals surface area (Å²) in [4.78, 5) is 12.4. The van der Waals surface area contributed by atoms with Gasteiger partial charge in [0.25, 0.3) is 0 Å². The first-order chi connectivity index (χ1) is 12.2. The van der Waals surface area contributed by atoms with E-state index >= 15 is 0 Å². The quantitative estimate of drug-likeness (QED) is 0.635.